The summed E-state index contributed by atoms with van der Waals surface area (Å²) < 4.78 is 4.76. The molecule has 1 saturated heterocycles. The number of amides is 1. The van der Waals surface area contributed by atoms with E-state index in [9.17, 15) is 4.79 Å². The molecule has 0 unspecified atom stereocenters. The van der Waals surface area contributed by atoms with E-state index in [0.717, 1.165) is 32.7 Å². The van der Waals surface area contributed by atoms with Gasteiger partial charge in [0, 0.05) is 32.7 Å². The molecule has 30 heavy (non-hydrogen) atoms. The van der Waals surface area contributed by atoms with Crippen LogP contribution in [0.15, 0.2) is 65.3 Å². The molecule has 0 bridgehead atoms. The van der Waals surface area contributed by atoms with E-state index in [1.807, 2.05) is 12.1 Å². The van der Waals surface area contributed by atoms with Gasteiger partial charge in [-0.3, -0.25) is 14.6 Å². The third-order valence-corrected chi connectivity index (χ3v) is 5.67. The van der Waals surface area contributed by atoms with E-state index in [1.54, 1.807) is 6.07 Å². The Kier molecular flexibility index (Phi) is 5.13. The van der Waals surface area contributed by atoms with Crippen LogP contribution in [0.2, 0.25) is 0 Å². The number of anilines is 1. The minimum Gasteiger partial charge on any atom is -0.323 e. The molecule has 7 heteroatoms. The second-order valence-electron chi connectivity index (χ2n) is 7.68. The summed E-state index contributed by atoms with van der Waals surface area (Å²) in [7, 11) is 0. The van der Waals surface area contributed by atoms with Gasteiger partial charge in [-0.1, -0.05) is 48.5 Å². The molecule has 1 fully saturated rings. The first-order chi connectivity index (χ1) is 14.8. The van der Waals surface area contributed by atoms with Crippen molar-refractivity contribution < 1.29 is 9.42 Å². The zero-order valence-electron chi connectivity index (χ0n) is 16.6. The molecule has 0 saturated carbocycles. The Hall–Kier alpha value is -3.29. The maximum atomic E-state index is 12.5. The van der Waals surface area contributed by atoms with Gasteiger partial charge in [0.05, 0.1) is 12.2 Å². The van der Waals surface area contributed by atoms with Crippen LogP contribution in [0.4, 0.5) is 5.69 Å². The molecule has 0 aliphatic carbocycles. The number of aromatic nitrogens is 2. The first-order valence-corrected chi connectivity index (χ1v) is 10.2. The quantitative estimate of drug-likeness (QED) is 0.554. The van der Waals surface area contributed by atoms with Crippen molar-refractivity contribution >= 4 is 33.4 Å². The van der Waals surface area contributed by atoms with Crippen molar-refractivity contribution in [3.05, 3.63) is 66.2 Å². The topological polar surface area (TPSA) is 74.5 Å². The molecule has 2 heterocycles. The van der Waals surface area contributed by atoms with Crippen LogP contribution in [0.3, 0.4) is 0 Å². The fourth-order valence-corrected chi connectivity index (χ4v) is 4.08. The fourth-order valence-electron chi connectivity index (χ4n) is 4.08. The van der Waals surface area contributed by atoms with Crippen LogP contribution in [0.1, 0.15) is 5.56 Å². The number of benzene rings is 3. The van der Waals surface area contributed by atoms with Crippen molar-refractivity contribution in [2.75, 3.05) is 38.0 Å². The molecule has 1 aliphatic heterocycles. The third-order valence-electron chi connectivity index (χ3n) is 5.67. The molecular weight excluding hydrogens is 378 g/mol. The van der Waals surface area contributed by atoms with Crippen LogP contribution < -0.4 is 5.32 Å². The van der Waals surface area contributed by atoms with E-state index in [-0.39, 0.29) is 5.91 Å². The lowest BCUT2D eigenvalue weighted by molar-refractivity contribution is -0.117. The molecule has 5 rings (SSSR count). The highest BCUT2D eigenvalue weighted by Gasteiger charge is 2.20. The van der Waals surface area contributed by atoms with Crippen molar-refractivity contribution in [2.45, 2.75) is 6.54 Å². The van der Waals surface area contributed by atoms with Crippen LogP contribution in [0.25, 0.3) is 21.8 Å². The zero-order valence-corrected chi connectivity index (χ0v) is 16.6. The Morgan fingerprint density at radius 1 is 0.900 bits per heavy atom. The third kappa shape index (κ3) is 3.90. The highest BCUT2D eigenvalue weighted by atomic mass is 16.6. The minimum absolute atomic E-state index is 0.0481. The SMILES string of the molecule is O=C(CN1CCN(Cc2cccc3ccccc23)CC1)Nc1cccc2nonc12. The molecule has 1 amide bonds. The molecule has 3 aromatic carbocycles. The van der Waals surface area contributed by atoms with E-state index in [2.05, 4.69) is 67.9 Å². The van der Waals surface area contributed by atoms with Gasteiger partial charge in [0.15, 0.2) is 5.52 Å². The summed E-state index contributed by atoms with van der Waals surface area (Å²) in [6, 6.07) is 20.5. The smallest absolute Gasteiger partial charge is 0.238 e. The molecule has 0 spiro atoms. The standard InChI is InChI=1S/C23H23N5O2/c29-22(24-20-9-4-10-21-23(20)26-30-25-21)16-28-13-11-27(12-14-28)15-18-7-3-6-17-5-1-2-8-19(17)18/h1-10H,11-16H2,(H,24,29). The van der Waals surface area contributed by atoms with E-state index in [0.29, 0.717) is 23.3 Å². The number of nitrogens with zero attached hydrogens (tertiary/aromatic N) is 4. The molecular formula is C23H23N5O2. The molecule has 7 nitrogen and oxygen atoms in total. The molecule has 0 radical (unpaired) electrons. The molecule has 152 valence electrons. The lowest BCUT2D eigenvalue weighted by Crippen LogP contribution is -2.48. The number of nitrogens with one attached hydrogen (secondary N) is 1. The van der Waals surface area contributed by atoms with E-state index >= 15 is 0 Å². The van der Waals surface area contributed by atoms with Gasteiger partial charge in [0.2, 0.25) is 5.91 Å². The number of fused-ring (bicyclic) bond motifs is 2. The van der Waals surface area contributed by atoms with Gasteiger partial charge in [0.1, 0.15) is 5.52 Å². The Bertz CT molecular complexity index is 1180. The van der Waals surface area contributed by atoms with Crippen LogP contribution in [0.5, 0.6) is 0 Å². The van der Waals surface area contributed by atoms with E-state index < -0.39 is 0 Å². The second-order valence-corrected chi connectivity index (χ2v) is 7.68. The summed E-state index contributed by atoms with van der Waals surface area (Å²) in [5, 5.41) is 13.2. The normalized spacial score (nSPS) is 15.6. The number of carbonyl (C=O) groups excluding carboxylic acids is 1. The highest BCUT2D eigenvalue weighted by Crippen LogP contribution is 2.21. The van der Waals surface area contributed by atoms with Crippen molar-refractivity contribution in [1.82, 2.24) is 20.1 Å². The van der Waals surface area contributed by atoms with Gasteiger partial charge in [0.25, 0.3) is 0 Å². The van der Waals surface area contributed by atoms with Gasteiger partial charge in [-0.25, -0.2) is 4.63 Å². The van der Waals surface area contributed by atoms with Crippen LogP contribution >= 0.6 is 0 Å². The zero-order chi connectivity index (χ0) is 20.3. The van der Waals surface area contributed by atoms with Crippen LogP contribution in [-0.4, -0.2) is 58.7 Å². The number of rotatable bonds is 5. The molecule has 1 N–H and O–H groups in total. The van der Waals surface area contributed by atoms with Gasteiger partial charge >= 0.3 is 0 Å². The van der Waals surface area contributed by atoms with Crippen LogP contribution in [0, 0.1) is 0 Å². The molecule has 0 atom stereocenters. The van der Waals surface area contributed by atoms with Gasteiger partial charge in [-0.15, -0.1) is 0 Å². The summed E-state index contributed by atoms with van der Waals surface area (Å²) in [6.07, 6.45) is 0. The largest absolute Gasteiger partial charge is 0.323 e. The summed E-state index contributed by atoms with van der Waals surface area (Å²) in [6.45, 7) is 4.92. The van der Waals surface area contributed by atoms with Crippen molar-refractivity contribution in [2.24, 2.45) is 0 Å². The lowest BCUT2D eigenvalue weighted by Gasteiger charge is -2.34. The summed E-state index contributed by atoms with van der Waals surface area (Å²) in [4.78, 5) is 17.2. The van der Waals surface area contributed by atoms with Crippen molar-refractivity contribution in [3.8, 4) is 0 Å². The number of hydrogen-bond donors (Lipinski definition) is 1. The lowest BCUT2D eigenvalue weighted by atomic mass is 10.0. The monoisotopic (exact) mass is 401 g/mol. The van der Waals surface area contributed by atoms with Gasteiger partial charge < -0.3 is 5.32 Å². The Balaban J connectivity index is 1.16. The molecule has 4 aromatic rings. The van der Waals surface area contributed by atoms with Crippen LogP contribution in [-0.2, 0) is 11.3 Å². The Labute approximate surface area is 174 Å². The number of hydrogen-bond acceptors (Lipinski definition) is 6. The first-order valence-electron chi connectivity index (χ1n) is 10.2. The van der Waals surface area contributed by atoms with Gasteiger partial charge in [-0.2, -0.15) is 0 Å². The highest BCUT2D eigenvalue weighted by molar-refractivity contribution is 5.99. The summed E-state index contributed by atoms with van der Waals surface area (Å²) in [5.74, 6) is -0.0481. The maximum absolute atomic E-state index is 12.5. The summed E-state index contributed by atoms with van der Waals surface area (Å²) >= 11 is 0. The summed E-state index contributed by atoms with van der Waals surface area (Å²) in [5.41, 5.74) is 3.20. The average Bonchev–Trinajstić information content (AvgIpc) is 3.25. The predicted octanol–water partition coefficient (Wildman–Crippen LogP) is 3.13. The van der Waals surface area contributed by atoms with E-state index in [1.165, 1.54) is 16.3 Å². The van der Waals surface area contributed by atoms with E-state index in [4.69, 9.17) is 4.63 Å². The maximum Gasteiger partial charge on any atom is 0.238 e. The molecule has 1 aliphatic rings. The molecule has 1 aromatic heterocycles. The average molecular weight is 401 g/mol. The van der Waals surface area contributed by atoms with Gasteiger partial charge in [-0.05, 0) is 38.8 Å². The first kappa shape index (κ1) is 18.7. The Morgan fingerprint density at radius 2 is 1.67 bits per heavy atom. The van der Waals surface area contributed by atoms with Crippen molar-refractivity contribution in [3.63, 3.8) is 0 Å². The fraction of sp³-hybridized carbons (Fsp3) is 0.261. The van der Waals surface area contributed by atoms with Crippen molar-refractivity contribution in [1.29, 1.82) is 0 Å². The number of piperazine rings is 1. The minimum atomic E-state index is -0.0481. The predicted molar refractivity (Wildman–Crippen MR) is 116 cm³/mol. The Morgan fingerprint density at radius 3 is 2.57 bits per heavy atom. The number of carbonyl (C=O) groups is 1. The second kappa shape index (κ2) is 8.22.